The van der Waals surface area contributed by atoms with Crippen LogP contribution in [0.5, 0.6) is 0 Å². The standard InChI is InChI=1S/C27H26N4O2/c28-14-17-6-5-12-30-15-20(18-7-1-3-9-22(18)30)24-25(27(33)29-26(24)32)21-16-31(13-11-17)23-10-4-2-8-19(21)23/h1-4,7-10,15-17H,5-6,11-14,28H2,(H,29,32,33). The minimum atomic E-state index is -0.332. The second-order valence-corrected chi connectivity index (χ2v) is 9.07. The molecule has 1 atom stereocenters. The first-order valence-corrected chi connectivity index (χ1v) is 11.6. The molecule has 0 radical (unpaired) electrons. The van der Waals surface area contributed by atoms with Crippen LogP contribution in [0.2, 0.25) is 0 Å². The minimum Gasteiger partial charge on any atom is -0.347 e. The van der Waals surface area contributed by atoms with Crippen LogP contribution in [-0.2, 0) is 22.7 Å². The molecule has 6 nitrogen and oxygen atoms in total. The molecule has 4 heterocycles. The average Bonchev–Trinajstić information content (AvgIpc) is 3.46. The molecule has 4 bridgehead atoms. The molecule has 2 aromatic heterocycles. The molecule has 0 fully saturated rings. The van der Waals surface area contributed by atoms with Crippen LogP contribution in [-0.4, -0.2) is 27.5 Å². The summed E-state index contributed by atoms with van der Waals surface area (Å²) in [6.45, 7) is 2.34. The third kappa shape index (κ3) is 3.13. The summed E-state index contributed by atoms with van der Waals surface area (Å²) in [7, 11) is 0. The number of aromatic nitrogens is 2. The molecule has 166 valence electrons. The van der Waals surface area contributed by atoms with Gasteiger partial charge in [-0.1, -0.05) is 36.4 Å². The molecule has 3 N–H and O–H groups in total. The Morgan fingerprint density at radius 2 is 1.33 bits per heavy atom. The summed E-state index contributed by atoms with van der Waals surface area (Å²) in [6.07, 6.45) is 7.12. The molecule has 2 aliphatic heterocycles. The van der Waals surface area contributed by atoms with E-state index in [1.165, 1.54) is 0 Å². The minimum absolute atomic E-state index is 0.329. The zero-order valence-corrected chi connectivity index (χ0v) is 18.4. The molecule has 0 spiro atoms. The Kier molecular flexibility index (Phi) is 4.69. The number of hydrogen-bond donors (Lipinski definition) is 2. The van der Waals surface area contributed by atoms with Crippen molar-refractivity contribution >= 4 is 44.8 Å². The van der Waals surface area contributed by atoms with E-state index in [1.54, 1.807) is 0 Å². The van der Waals surface area contributed by atoms with Gasteiger partial charge in [0, 0.05) is 58.4 Å². The van der Waals surface area contributed by atoms with Gasteiger partial charge < -0.3 is 14.9 Å². The fourth-order valence-electron chi connectivity index (χ4n) is 5.48. The molecule has 33 heavy (non-hydrogen) atoms. The van der Waals surface area contributed by atoms with E-state index in [0.29, 0.717) is 23.6 Å². The second kappa shape index (κ2) is 7.74. The van der Waals surface area contributed by atoms with Gasteiger partial charge in [-0.05, 0) is 43.9 Å². The van der Waals surface area contributed by atoms with Crippen LogP contribution < -0.4 is 11.1 Å². The van der Waals surface area contributed by atoms with Crippen molar-refractivity contribution in [1.29, 1.82) is 0 Å². The van der Waals surface area contributed by atoms with Crippen molar-refractivity contribution in [3.63, 3.8) is 0 Å². The van der Waals surface area contributed by atoms with Gasteiger partial charge in [-0.25, -0.2) is 0 Å². The number of imide groups is 1. The van der Waals surface area contributed by atoms with Crippen molar-refractivity contribution in [3.8, 4) is 0 Å². The van der Waals surface area contributed by atoms with Gasteiger partial charge in [-0.3, -0.25) is 14.9 Å². The number of nitrogens with zero attached hydrogens (tertiary/aromatic N) is 2. The third-order valence-electron chi connectivity index (χ3n) is 7.17. The lowest BCUT2D eigenvalue weighted by atomic mass is 9.95. The molecule has 0 saturated carbocycles. The van der Waals surface area contributed by atoms with Gasteiger partial charge in [0.25, 0.3) is 11.8 Å². The van der Waals surface area contributed by atoms with Crippen molar-refractivity contribution < 1.29 is 9.59 Å². The molecule has 0 aliphatic carbocycles. The maximum Gasteiger partial charge on any atom is 0.259 e. The van der Waals surface area contributed by atoms with E-state index >= 15 is 0 Å². The molecule has 6 heteroatoms. The summed E-state index contributed by atoms with van der Waals surface area (Å²) in [5.74, 6) is -0.225. The van der Waals surface area contributed by atoms with Gasteiger partial charge >= 0.3 is 0 Å². The van der Waals surface area contributed by atoms with Crippen molar-refractivity contribution in [1.82, 2.24) is 14.5 Å². The SMILES string of the molecule is NCC1CCCn2cc(c3ccccc32)C2=C(C(=O)NC2=O)c2cn(c3ccccc23)CC1. The second-order valence-electron chi connectivity index (χ2n) is 9.07. The zero-order chi connectivity index (χ0) is 22.5. The Bertz CT molecular complexity index is 1460. The van der Waals surface area contributed by atoms with Crippen molar-refractivity contribution in [2.75, 3.05) is 6.54 Å². The Hall–Kier alpha value is -3.64. The van der Waals surface area contributed by atoms with Crippen LogP contribution >= 0.6 is 0 Å². The summed E-state index contributed by atoms with van der Waals surface area (Å²) in [5, 5.41) is 4.54. The number of para-hydroxylation sites is 2. The fourth-order valence-corrected chi connectivity index (χ4v) is 5.48. The van der Waals surface area contributed by atoms with Crippen LogP contribution in [0.4, 0.5) is 0 Å². The van der Waals surface area contributed by atoms with Gasteiger partial charge in [-0.2, -0.15) is 0 Å². The van der Waals surface area contributed by atoms with Crippen LogP contribution in [0.15, 0.2) is 60.9 Å². The van der Waals surface area contributed by atoms with Crippen LogP contribution in [0.3, 0.4) is 0 Å². The van der Waals surface area contributed by atoms with E-state index < -0.39 is 0 Å². The van der Waals surface area contributed by atoms with Crippen LogP contribution in [0, 0.1) is 5.92 Å². The highest BCUT2D eigenvalue weighted by Gasteiger charge is 2.35. The average molecular weight is 439 g/mol. The molecule has 0 saturated heterocycles. The Balaban J connectivity index is 1.68. The predicted octanol–water partition coefficient (Wildman–Crippen LogP) is 3.92. The van der Waals surface area contributed by atoms with Crippen LogP contribution in [0.1, 0.15) is 30.4 Å². The monoisotopic (exact) mass is 438 g/mol. The lowest BCUT2D eigenvalue weighted by Crippen LogP contribution is -2.22. The predicted molar refractivity (Wildman–Crippen MR) is 130 cm³/mol. The number of amides is 2. The summed E-state index contributed by atoms with van der Waals surface area (Å²) in [5.41, 5.74) is 10.8. The summed E-state index contributed by atoms with van der Waals surface area (Å²) in [4.78, 5) is 26.3. The third-order valence-corrected chi connectivity index (χ3v) is 7.17. The number of nitrogens with two attached hydrogens (primary N) is 1. The number of benzene rings is 2. The first-order valence-electron chi connectivity index (χ1n) is 11.6. The van der Waals surface area contributed by atoms with E-state index in [2.05, 4.69) is 26.6 Å². The number of rotatable bonds is 1. The first-order chi connectivity index (χ1) is 16.2. The lowest BCUT2D eigenvalue weighted by molar-refractivity contribution is -0.122. The molecule has 2 aromatic carbocycles. The molecule has 2 amide bonds. The summed E-state index contributed by atoms with van der Waals surface area (Å²) in [6, 6.07) is 16.2. The Morgan fingerprint density at radius 1 is 0.788 bits per heavy atom. The van der Waals surface area contributed by atoms with Crippen LogP contribution in [0.25, 0.3) is 33.0 Å². The quantitative estimate of drug-likeness (QED) is 0.442. The zero-order valence-electron chi connectivity index (χ0n) is 18.4. The van der Waals surface area contributed by atoms with Crippen molar-refractivity contribution in [3.05, 3.63) is 72.1 Å². The normalized spacial score (nSPS) is 19.1. The number of hydrogen-bond acceptors (Lipinski definition) is 3. The molecule has 2 aliphatic rings. The van der Waals surface area contributed by atoms with Gasteiger partial charge in [-0.15, -0.1) is 0 Å². The smallest absolute Gasteiger partial charge is 0.259 e. The lowest BCUT2D eigenvalue weighted by Gasteiger charge is -2.16. The summed E-state index contributed by atoms with van der Waals surface area (Å²) >= 11 is 0. The fraction of sp³-hybridized carbons (Fsp3) is 0.259. The summed E-state index contributed by atoms with van der Waals surface area (Å²) < 4.78 is 4.43. The van der Waals surface area contributed by atoms with Crippen molar-refractivity contribution in [2.24, 2.45) is 11.7 Å². The van der Waals surface area contributed by atoms with E-state index in [9.17, 15) is 9.59 Å². The van der Waals surface area contributed by atoms with E-state index in [0.717, 1.165) is 65.3 Å². The highest BCUT2D eigenvalue weighted by molar-refractivity contribution is 6.50. The van der Waals surface area contributed by atoms with Gasteiger partial charge in [0.15, 0.2) is 0 Å². The van der Waals surface area contributed by atoms with E-state index in [4.69, 9.17) is 5.73 Å². The van der Waals surface area contributed by atoms with Gasteiger partial charge in [0.05, 0.1) is 11.1 Å². The van der Waals surface area contributed by atoms with E-state index in [-0.39, 0.29) is 11.8 Å². The Labute approximate surface area is 191 Å². The molecule has 4 aromatic rings. The highest BCUT2D eigenvalue weighted by Crippen LogP contribution is 2.39. The number of carbonyl (C=O) groups excluding carboxylic acids is 2. The number of aryl methyl sites for hydroxylation is 2. The Morgan fingerprint density at radius 3 is 1.91 bits per heavy atom. The first kappa shape index (κ1) is 20.0. The number of carbonyl (C=O) groups is 2. The largest absolute Gasteiger partial charge is 0.347 e. The number of nitrogens with one attached hydrogen (secondary N) is 1. The maximum atomic E-state index is 13.1. The molecular weight excluding hydrogens is 412 g/mol. The topological polar surface area (TPSA) is 82.1 Å². The molecule has 1 unspecified atom stereocenters. The molecule has 6 rings (SSSR count). The van der Waals surface area contributed by atoms with Crippen molar-refractivity contribution in [2.45, 2.75) is 32.4 Å². The van der Waals surface area contributed by atoms with E-state index in [1.807, 2.05) is 48.8 Å². The van der Waals surface area contributed by atoms with Gasteiger partial charge in [0.1, 0.15) is 0 Å². The number of fused-ring (bicyclic) bond motifs is 12. The maximum absolute atomic E-state index is 13.1. The molecular formula is C27H26N4O2. The highest BCUT2D eigenvalue weighted by atomic mass is 16.2. The van der Waals surface area contributed by atoms with Gasteiger partial charge in [0.2, 0.25) is 0 Å².